The van der Waals surface area contributed by atoms with Gasteiger partial charge >= 0.3 is 0 Å². The van der Waals surface area contributed by atoms with Crippen LogP contribution >= 0.6 is 24.0 Å². The Bertz CT molecular complexity index is 655. The maximum Gasteiger partial charge on any atom is 0.191 e. The van der Waals surface area contributed by atoms with Gasteiger partial charge in [0.25, 0.3) is 0 Å². The molecule has 1 aromatic rings. The van der Waals surface area contributed by atoms with Gasteiger partial charge in [0, 0.05) is 40.9 Å². The molecule has 5 nitrogen and oxygen atoms in total. The fourth-order valence-corrected chi connectivity index (χ4v) is 5.00. The van der Waals surface area contributed by atoms with Gasteiger partial charge < -0.3 is 15.4 Å². The summed E-state index contributed by atoms with van der Waals surface area (Å²) in [7, 11) is 1.01. The van der Waals surface area contributed by atoms with E-state index in [-0.39, 0.29) is 24.0 Å². The summed E-state index contributed by atoms with van der Waals surface area (Å²) in [5.41, 5.74) is 2.42. The van der Waals surface area contributed by atoms with Crippen molar-refractivity contribution in [1.82, 2.24) is 10.6 Å². The zero-order chi connectivity index (χ0) is 19.6. The number of rotatable bonds is 8. The lowest BCUT2D eigenvalue weighted by molar-refractivity contribution is 0.409. The lowest BCUT2D eigenvalue weighted by atomic mass is 9.95. The second kappa shape index (κ2) is 13.4. The number of nitrogens with zero attached hydrogens (tertiary/aromatic N) is 1. The third kappa shape index (κ3) is 7.89. The van der Waals surface area contributed by atoms with Crippen LogP contribution in [0.2, 0.25) is 0 Å². The van der Waals surface area contributed by atoms with E-state index in [0.29, 0.717) is 17.8 Å². The van der Waals surface area contributed by atoms with Crippen LogP contribution in [0.3, 0.4) is 0 Å². The average Bonchev–Trinajstić information content (AvgIpc) is 2.68. The third-order valence-electron chi connectivity index (χ3n) is 5.05. The van der Waals surface area contributed by atoms with Gasteiger partial charge in [0.05, 0.1) is 7.11 Å². The molecule has 3 atom stereocenters. The van der Waals surface area contributed by atoms with Crippen molar-refractivity contribution in [2.24, 2.45) is 4.99 Å². The molecular weight excluding hydrogens is 485 g/mol. The molecule has 0 bridgehead atoms. The summed E-state index contributed by atoms with van der Waals surface area (Å²) in [5.74, 6) is 2.53. The topological polar surface area (TPSA) is 62.7 Å². The number of methoxy groups -OCH3 is 1. The van der Waals surface area contributed by atoms with Gasteiger partial charge in [0.2, 0.25) is 0 Å². The number of halogens is 1. The van der Waals surface area contributed by atoms with Crippen molar-refractivity contribution in [2.75, 3.05) is 26.0 Å². The van der Waals surface area contributed by atoms with Crippen LogP contribution < -0.4 is 15.4 Å². The SMILES string of the molecule is CCNC(=NCCc1cc(C)ccc1OC)NC1CCCC(S(=O)CC)C1.I. The summed E-state index contributed by atoms with van der Waals surface area (Å²) in [6.45, 7) is 7.72. The van der Waals surface area contributed by atoms with Gasteiger partial charge in [-0.05, 0) is 51.2 Å². The number of hydrogen-bond acceptors (Lipinski definition) is 3. The van der Waals surface area contributed by atoms with E-state index in [2.05, 4.69) is 36.6 Å². The van der Waals surface area contributed by atoms with Crippen LogP contribution in [0, 0.1) is 6.92 Å². The first-order valence-electron chi connectivity index (χ1n) is 10.1. The maximum atomic E-state index is 12.2. The highest BCUT2D eigenvalue weighted by Gasteiger charge is 2.26. The minimum Gasteiger partial charge on any atom is -0.496 e. The number of ether oxygens (including phenoxy) is 1. The van der Waals surface area contributed by atoms with E-state index in [4.69, 9.17) is 9.73 Å². The predicted octanol–water partition coefficient (Wildman–Crippen LogP) is 3.80. The molecule has 1 aliphatic carbocycles. The van der Waals surface area contributed by atoms with Crippen LogP contribution in [-0.4, -0.2) is 47.4 Å². The molecule has 160 valence electrons. The van der Waals surface area contributed by atoms with Crippen LogP contribution in [-0.2, 0) is 17.2 Å². The normalized spacial score (nSPS) is 20.8. The first kappa shape index (κ1) is 25.2. The van der Waals surface area contributed by atoms with E-state index in [0.717, 1.165) is 56.1 Å². The van der Waals surface area contributed by atoms with Gasteiger partial charge in [0.1, 0.15) is 5.75 Å². The van der Waals surface area contributed by atoms with Gasteiger partial charge in [0.15, 0.2) is 5.96 Å². The largest absolute Gasteiger partial charge is 0.496 e. The molecule has 2 rings (SSSR count). The van der Waals surface area contributed by atoms with Crippen LogP contribution in [0.1, 0.15) is 50.7 Å². The minimum absolute atomic E-state index is 0. The second-order valence-corrected chi connectivity index (χ2v) is 9.13. The van der Waals surface area contributed by atoms with E-state index in [9.17, 15) is 4.21 Å². The van der Waals surface area contributed by atoms with Gasteiger partial charge in [-0.15, -0.1) is 24.0 Å². The number of guanidine groups is 1. The summed E-state index contributed by atoms with van der Waals surface area (Å²) in [6.07, 6.45) is 5.14. The first-order valence-corrected chi connectivity index (χ1v) is 11.5. The zero-order valence-electron chi connectivity index (χ0n) is 17.6. The number of benzene rings is 1. The van der Waals surface area contributed by atoms with Gasteiger partial charge in [-0.1, -0.05) is 31.0 Å². The van der Waals surface area contributed by atoms with Gasteiger partial charge in [-0.25, -0.2) is 0 Å². The summed E-state index contributed by atoms with van der Waals surface area (Å²) >= 11 is 0. The lowest BCUT2D eigenvalue weighted by Crippen LogP contribution is -2.46. The van der Waals surface area contributed by atoms with Crippen LogP contribution in [0.25, 0.3) is 0 Å². The summed E-state index contributed by atoms with van der Waals surface area (Å²) < 4.78 is 17.6. The van der Waals surface area contributed by atoms with Crippen LogP contribution in [0.15, 0.2) is 23.2 Å². The fraction of sp³-hybridized carbons (Fsp3) is 0.667. The Morgan fingerprint density at radius 1 is 1.32 bits per heavy atom. The van der Waals surface area contributed by atoms with Crippen molar-refractivity contribution in [3.63, 3.8) is 0 Å². The molecule has 1 aliphatic rings. The predicted molar refractivity (Wildman–Crippen MR) is 131 cm³/mol. The van der Waals surface area contributed by atoms with Crippen molar-refractivity contribution in [1.29, 1.82) is 0 Å². The number of aliphatic imine (C=N–C) groups is 1. The van der Waals surface area contributed by atoms with Crippen molar-refractivity contribution < 1.29 is 8.95 Å². The van der Waals surface area contributed by atoms with Crippen molar-refractivity contribution >= 4 is 40.7 Å². The van der Waals surface area contributed by atoms with Gasteiger partial charge in [-0.3, -0.25) is 9.20 Å². The summed E-state index contributed by atoms with van der Waals surface area (Å²) in [6, 6.07) is 6.61. The standard InChI is InChI=1S/C21H35N3O2S.HI/c1-5-22-21(24-18-8-7-9-19(15-18)27(25)6-2)23-13-12-17-14-16(3)10-11-20(17)26-4;/h10-11,14,18-19H,5-9,12-13,15H2,1-4H3,(H2,22,23,24);1H. The Hall–Kier alpha value is -0.830. The Labute approximate surface area is 190 Å². The monoisotopic (exact) mass is 521 g/mol. The first-order chi connectivity index (χ1) is 13.1. The Kier molecular flexibility index (Phi) is 12.1. The third-order valence-corrected chi connectivity index (χ3v) is 6.80. The minimum atomic E-state index is -0.703. The van der Waals surface area contributed by atoms with E-state index >= 15 is 0 Å². The van der Waals surface area contributed by atoms with Crippen molar-refractivity contribution in [3.05, 3.63) is 29.3 Å². The molecule has 0 radical (unpaired) electrons. The molecule has 1 saturated carbocycles. The molecule has 0 spiro atoms. The molecule has 2 N–H and O–H groups in total. The lowest BCUT2D eigenvalue weighted by Gasteiger charge is -2.30. The van der Waals surface area contributed by atoms with E-state index < -0.39 is 10.8 Å². The van der Waals surface area contributed by atoms with Crippen LogP contribution in [0.4, 0.5) is 0 Å². The smallest absolute Gasteiger partial charge is 0.191 e. The molecule has 0 aromatic heterocycles. The van der Waals surface area contributed by atoms with Crippen molar-refractivity contribution in [2.45, 2.75) is 64.2 Å². The number of nitrogens with one attached hydrogen (secondary N) is 2. The van der Waals surface area contributed by atoms with E-state index in [1.807, 2.05) is 13.0 Å². The Balaban J connectivity index is 0.00000392. The number of hydrogen-bond donors (Lipinski definition) is 2. The van der Waals surface area contributed by atoms with Crippen molar-refractivity contribution in [3.8, 4) is 5.75 Å². The highest BCUT2D eigenvalue weighted by atomic mass is 127. The molecule has 0 heterocycles. The molecule has 0 aliphatic heterocycles. The zero-order valence-corrected chi connectivity index (χ0v) is 20.8. The average molecular weight is 522 g/mol. The molecule has 7 heteroatoms. The molecule has 3 unspecified atom stereocenters. The second-order valence-electron chi connectivity index (χ2n) is 7.13. The Morgan fingerprint density at radius 3 is 2.79 bits per heavy atom. The summed E-state index contributed by atoms with van der Waals surface area (Å²) in [4.78, 5) is 4.76. The van der Waals surface area contributed by atoms with Gasteiger partial charge in [-0.2, -0.15) is 0 Å². The molecular formula is C21H36IN3O2S. The summed E-state index contributed by atoms with van der Waals surface area (Å²) in [5, 5.41) is 7.23. The highest BCUT2D eigenvalue weighted by Crippen LogP contribution is 2.23. The van der Waals surface area contributed by atoms with E-state index in [1.54, 1.807) is 7.11 Å². The molecule has 0 amide bonds. The van der Waals surface area contributed by atoms with Crippen LogP contribution in [0.5, 0.6) is 5.75 Å². The fourth-order valence-electron chi connectivity index (χ4n) is 3.65. The molecule has 0 saturated heterocycles. The molecule has 1 aromatic carbocycles. The number of aryl methyl sites for hydroxylation is 1. The molecule has 1 fully saturated rings. The Morgan fingerprint density at radius 2 is 2.11 bits per heavy atom. The quantitative estimate of drug-likeness (QED) is 0.311. The highest BCUT2D eigenvalue weighted by molar-refractivity contribution is 14.0. The van der Waals surface area contributed by atoms with E-state index in [1.165, 1.54) is 11.1 Å². The molecule has 28 heavy (non-hydrogen) atoms. The maximum absolute atomic E-state index is 12.2.